The Morgan fingerprint density at radius 1 is 1.30 bits per heavy atom. The summed E-state index contributed by atoms with van der Waals surface area (Å²) in [6.07, 6.45) is 3.39. The van der Waals surface area contributed by atoms with E-state index in [2.05, 4.69) is 23.2 Å². The number of nitrogens with zero attached hydrogens (tertiary/aromatic N) is 1. The number of carbonyl (C=O) groups is 1. The normalized spacial score (nSPS) is 10.7. The first-order valence-corrected chi connectivity index (χ1v) is 8.81. The Morgan fingerprint density at radius 3 is 2.74 bits per heavy atom. The van der Waals surface area contributed by atoms with Crippen molar-refractivity contribution in [2.45, 2.75) is 20.3 Å². The third-order valence-electron chi connectivity index (χ3n) is 3.85. The van der Waals surface area contributed by atoms with Gasteiger partial charge >= 0.3 is 0 Å². The van der Waals surface area contributed by atoms with Crippen LogP contribution in [-0.2, 0) is 11.2 Å². The average molecular weight is 387 g/mol. The van der Waals surface area contributed by atoms with Crippen molar-refractivity contribution >= 4 is 23.7 Å². The fourth-order valence-electron chi connectivity index (χ4n) is 2.53. The van der Waals surface area contributed by atoms with Gasteiger partial charge in [-0.05, 0) is 42.7 Å². The van der Waals surface area contributed by atoms with Crippen molar-refractivity contribution in [2.75, 3.05) is 13.7 Å². The van der Waals surface area contributed by atoms with Gasteiger partial charge < -0.3 is 9.47 Å². The number of hydrogen-bond acceptors (Lipinski definition) is 4. The van der Waals surface area contributed by atoms with Crippen molar-refractivity contribution in [1.82, 2.24) is 5.43 Å². The lowest BCUT2D eigenvalue weighted by molar-refractivity contribution is -0.120. The van der Waals surface area contributed by atoms with E-state index in [0.29, 0.717) is 28.7 Å². The van der Waals surface area contributed by atoms with Gasteiger partial charge in [0.15, 0.2) is 11.5 Å². The zero-order valence-corrected chi connectivity index (χ0v) is 16.5. The van der Waals surface area contributed by atoms with E-state index in [0.717, 1.165) is 11.1 Å². The van der Waals surface area contributed by atoms with Gasteiger partial charge in [-0.3, -0.25) is 4.79 Å². The number of aryl methyl sites for hydroxylation is 2. The van der Waals surface area contributed by atoms with Gasteiger partial charge in [0.1, 0.15) is 6.61 Å². The Morgan fingerprint density at radius 2 is 2.07 bits per heavy atom. The lowest BCUT2D eigenvalue weighted by Crippen LogP contribution is -2.20. The van der Waals surface area contributed by atoms with E-state index in [1.54, 1.807) is 18.2 Å². The minimum absolute atomic E-state index is 0.192. The lowest BCUT2D eigenvalue weighted by Gasteiger charge is -2.11. The highest BCUT2D eigenvalue weighted by Crippen LogP contribution is 2.36. The topological polar surface area (TPSA) is 59.9 Å². The zero-order valence-electron chi connectivity index (χ0n) is 15.7. The zero-order chi connectivity index (χ0) is 19.8. The Balaban J connectivity index is 2.03. The molecule has 0 heterocycles. The first kappa shape index (κ1) is 20.5. The number of hydrogen-bond donors (Lipinski definition) is 1. The van der Waals surface area contributed by atoms with Crippen molar-refractivity contribution < 1.29 is 14.3 Å². The SMILES string of the molecule is C=CCOc1c(Cl)cc(/C=N/NC(=O)Cc2ccc(C)cc2C)cc1OC. The minimum atomic E-state index is -0.192. The molecule has 0 unspecified atom stereocenters. The van der Waals surface area contributed by atoms with E-state index in [1.165, 1.54) is 18.9 Å². The lowest BCUT2D eigenvalue weighted by atomic mass is 10.0. The largest absolute Gasteiger partial charge is 0.493 e. The molecule has 27 heavy (non-hydrogen) atoms. The highest BCUT2D eigenvalue weighted by atomic mass is 35.5. The second-order valence-corrected chi connectivity index (χ2v) is 6.44. The Bertz CT molecular complexity index is 863. The summed E-state index contributed by atoms with van der Waals surface area (Å²) in [4.78, 5) is 12.1. The van der Waals surface area contributed by atoms with E-state index in [1.807, 2.05) is 26.0 Å². The number of halogens is 1. The molecular formula is C21H23ClN2O3. The van der Waals surface area contributed by atoms with Crippen LogP contribution in [0.15, 0.2) is 48.1 Å². The Labute approximate surface area is 164 Å². The van der Waals surface area contributed by atoms with Crippen LogP contribution in [0.4, 0.5) is 0 Å². The Kier molecular flexibility index (Phi) is 7.44. The molecule has 0 bridgehead atoms. The molecule has 2 aromatic rings. The Hall–Kier alpha value is -2.79. The first-order valence-electron chi connectivity index (χ1n) is 8.44. The third kappa shape index (κ3) is 5.86. The number of carbonyl (C=O) groups excluding carboxylic acids is 1. The van der Waals surface area contributed by atoms with Gasteiger partial charge in [-0.25, -0.2) is 5.43 Å². The third-order valence-corrected chi connectivity index (χ3v) is 4.13. The van der Waals surface area contributed by atoms with E-state index in [9.17, 15) is 4.79 Å². The number of hydrazone groups is 1. The van der Waals surface area contributed by atoms with Crippen molar-refractivity contribution in [2.24, 2.45) is 5.10 Å². The van der Waals surface area contributed by atoms with Gasteiger partial charge in [0.25, 0.3) is 0 Å². The molecule has 6 heteroatoms. The molecule has 0 saturated heterocycles. The average Bonchev–Trinajstić information content (AvgIpc) is 2.63. The fraction of sp³-hybridized carbons (Fsp3) is 0.238. The van der Waals surface area contributed by atoms with Gasteiger partial charge in [0.2, 0.25) is 5.91 Å². The van der Waals surface area contributed by atoms with Gasteiger partial charge in [-0.1, -0.05) is 48.0 Å². The number of ether oxygens (including phenoxy) is 2. The van der Waals surface area contributed by atoms with Crippen molar-refractivity contribution in [1.29, 1.82) is 0 Å². The maximum atomic E-state index is 12.1. The van der Waals surface area contributed by atoms with Gasteiger partial charge in [-0.15, -0.1) is 0 Å². The van der Waals surface area contributed by atoms with Crippen LogP contribution in [0.5, 0.6) is 11.5 Å². The second-order valence-electron chi connectivity index (χ2n) is 6.03. The van der Waals surface area contributed by atoms with Crippen LogP contribution in [0, 0.1) is 13.8 Å². The van der Waals surface area contributed by atoms with Crippen molar-refractivity contribution in [3.63, 3.8) is 0 Å². The molecule has 1 amide bonds. The van der Waals surface area contributed by atoms with E-state index in [-0.39, 0.29) is 12.3 Å². The monoisotopic (exact) mass is 386 g/mol. The fourth-order valence-corrected chi connectivity index (χ4v) is 2.81. The smallest absolute Gasteiger partial charge is 0.244 e. The van der Waals surface area contributed by atoms with E-state index >= 15 is 0 Å². The molecule has 0 atom stereocenters. The van der Waals surface area contributed by atoms with Crippen LogP contribution in [0.3, 0.4) is 0 Å². The van der Waals surface area contributed by atoms with Crippen LogP contribution >= 0.6 is 11.6 Å². The summed E-state index contributed by atoms with van der Waals surface area (Å²) in [6.45, 7) is 7.93. The van der Waals surface area contributed by atoms with Crippen LogP contribution < -0.4 is 14.9 Å². The van der Waals surface area contributed by atoms with Crippen molar-refractivity contribution in [3.05, 3.63) is 70.3 Å². The second kappa shape index (κ2) is 9.78. The van der Waals surface area contributed by atoms with Crippen LogP contribution in [0.1, 0.15) is 22.3 Å². The summed E-state index contributed by atoms with van der Waals surface area (Å²) in [5, 5.41) is 4.39. The highest BCUT2D eigenvalue weighted by molar-refractivity contribution is 6.32. The molecule has 5 nitrogen and oxygen atoms in total. The molecule has 0 aliphatic heterocycles. The molecule has 2 aromatic carbocycles. The van der Waals surface area contributed by atoms with Crippen LogP contribution in [-0.4, -0.2) is 25.8 Å². The summed E-state index contributed by atoms with van der Waals surface area (Å²) >= 11 is 6.24. The van der Waals surface area contributed by atoms with E-state index in [4.69, 9.17) is 21.1 Å². The molecule has 0 fully saturated rings. The molecule has 0 radical (unpaired) electrons. The standard InChI is InChI=1S/C21H23ClN2O3/c1-5-8-27-21-18(22)10-16(11-19(21)26-4)13-23-24-20(25)12-17-7-6-14(2)9-15(17)3/h5-7,9-11,13H,1,8,12H2,2-4H3,(H,24,25)/b23-13+. The molecule has 0 saturated carbocycles. The molecule has 142 valence electrons. The van der Waals surface area contributed by atoms with Crippen LogP contribution in [0.25, 0.3) is 0 Å². The number of benzene rings is 2. The highest BCUT2D eigenvalue weighted by Gasteiger charge is 2.11. The maximum Gasteiger partial charge on any atom is 0.244 e. The number of amides is 1. The van der Waals surface area contributed by atoms with Gasteiger partial charge in [0, 0.05) is 0 Å². The number of methoxy groups -OCH3 is 1. The number of nitrogens with one attached hydrogen (secondary N) is 1. The number of rotatable bonds is 8. The quantitative estimate of drug-likeness (QED) is 0.419. The molecule has 0 spiro atoms. The molecule has 1 N–H and O–H groups in total. The van der Waals surface area contributed by atoms with Gasteiger partial charge in [0.05, 0.1) is 24.8 Å². The molecular weight excluding hydrogens is 364 g/mol. The van der Waals surface area contributed by atoms with Gasteiger partial charge in [-0.2, -0.15) is 5.10 Å². The van der Waals surface area contributed by atoms with E-state index < -0.39 is 0 Å². The minimum Gasteiger partial charge on any atom is -0.493 e. The maximum absolute atomic E-state index is 12.1. The molecule has 2 rings (SSSR count). The predicted molar refractivity (Wildman–Crippen MR) is 109 cm³/mol. The summed E-state index contributed by atoms with van der Waals surface area (Å²) in [5.41, 5.74) is 6.43. The summed E-state index contributed by atoms with van der Waals surface area (Å²) in [5.74, 6) is 0.727. The predicted octanol–water partition coefficient (Wildman–Crippen LogP) is 4.22. The first-order chi connectivity index (χ1) is 12.9. The summed E-state index contributed by atoms with van der Waals surface area (Å²) in [7, 11) is 1.53. The molecule has 0 aliphatic rings. The van der Waals surface area contributed by atoms with Crippen molar-refractivity contribution in [3.8, 4) is 11.5 Å². The summed E-state index contributed by atoms with van der Waals surface area (Å²) < 4.78 is 10.8. The molecule has 0 aromatic heterocycles. The molecule has 0 aliphatic carbocycles. The summed E-state index contributed by atoms with van der Waals surface area (Å²) in [6, 6.07) is 9.41. The van der Waals surface area contributed by atoms with Crippen LogP contribution in [0.2, 0.25) is 5.02 Å².